The Morgan fingerprint density at radius 3 is 2.38 bits per heavy atom. The van der Waals surface area contributed by atoms with Crippen molar-refractivity contribution in [1.29, 1.82) is 0 Å². The van der Waals surface area contributed by atoms with E-state index in [-0.39, 0.29) is 16.9 Å². The molecule has 0 saturated carbocycles. The van der Waals surface area contributed by atoms with E-state index < -0.39 is 0 Å². The summed E-state index contributed by atoms with van der Waals surface area (Å²) < 4.78 is 0. The summed E-state index contributed by atoms with van der Waals surface area (Å²) in [6.45, 7) is 9.37. The number of nitrogens with zero attached hydrogens (tertiary/aromatic N) is 1. The lowest BCUT2D eigenvalue weighted by atomic mass is 9.76. The first kappa shape index (κ1) is 9.00. The molecule has 13 heavy (non-hydrogen) atoms. The van der Waals surface area contributed by atoms with Crippen LogP contribution in [0.3, 0.4) is 0 Å². The molecule has 0 unspecified atom stereocenters. The minimum Gasteiger partial charge on any atom is -0.355 e. The van der Waals surface area contributed by atoms with Crippen molar-refractivity contribution < 1.29 is 4.79 Å². The minimum atomic E-state index is -0.0206. The van der Waals surface area contributed by atoms with E-state index in [1.807, 2.05) is 0 Å². The first-order valence-corrected chi connectivity index (χ1v) is 4.97. The van der Waals surface area contributed by atoms with E-state index in [1.54, 1.807) is 0 Å². The van der Waals surface area contributed by atoms with Crippen molar-refractivity contribution in [3.8, 4) is 0 Å². The van der Waals surface area contributed by atoms with Gasteiger partial charge in [-0.05, 0) is 27.2 Å². The third kappa shape index (κ3) is 1.26. The van der Waals surface area contributed by atoms with Gasteiger partial charge in [0.15, 0.2) is 0 Å². The van der Waals surface area contributed by atoms with Gasteiger partial charge < -0.3 is 5.32 Å². The lowest BCUT2D eigenvalue weighted by Crippen LogP contribution is -2.64. The number of amides is 1. The number of likely N-dealkylation sites (tertiary alicyclic amines) is 1. The fraction of sp³-hybridized carbons (Fsp3) is 0.900. The number of hydrogen-bond donors (Lipinski definition) is 1. The van der Waals surface area contributed by atoms with Gasteiger partial charge in [0.05, 0.1) is 5.41 Å². The highest BCUT2D eigenvalue weighted by molar-refractivity contribution is 5.86. The second-order valence-corrected chi connectivity index (χ2v) is 5.31. The Kier molecular flexibility index (Phi) is 1.71. The van der Waals surface area contributed by atoms with Gasteiger partial charge >= 0.3 is 0 Å². The predicted molar refractivity (Wildman–Crippen MR) is 51.4 cm³/mol. The standard InChI is InChI=1S/C10H18N2O/c1-9(2,3)12-6-10(7-12)4-5-11-8(10)13/h4-7H2,1-3H3,(H,11,13). The molecule has 0 bridgehead atoms. The lowest BCUT2D eigenvalue weighted by molar-refractivity contribution is -0.141. The number of hydrogen-bond acceptors (Lipinski definition) is 2. The maximum absolute atomic E-state index is 11.5. The molecule has 2 heterocycles. The van der Waals surface area contributed by atoms with Gasteiger partial charge in [-0.25, -0.2) is 0 Å². The average molecular weight is 182 g/mol. The van der Waals surface area contributed by atoms with Crippen molar-refractivity contribution in [3.63, 3.8) is 0 Å². The van der Waals surface area contributed by atoms with Crippen molar-refractivity contribution in [3.05, 3.63) is 0 Å². The topological polar surface area (TPSA) is 32.3 Å². The van der Waals surface area contributed by atoms with Crippen molar-refractivity contribution in [2.75, 3.05) is 19.6 Å². The highest BCUT2D eigenvalue weighted by Gasteiger charge is 2.53. The minimum absolute atomic E-state index is 0.0206. The number of nitrogens with one attached hydrogen (secondary N) is 1. The molecule has 0 radical (unpaired) electrons. The molecular weight excluding hydrogens is 164 g/mol. The van der Waals surface area contributed by atoms with Crippen molar-refractivity contribution >= 4 is 5.91 Å². The Morgan fingerprint density at radius 2 is 2.00 bits per heavy atom. The van der Waals surface area contributed by atoms with Gasteiger partial charge in [-0.2, -0.15) is 0 Å². The molecule has 0 aromatic carbocycles. The van der Waals surface area contributed by atoms with Crippen molar-refractivity contribution in [1.82, 2.24) is 10.2 Å². The van der Waals surface area contributed by atoms with Gasteiger partial charge in [-0.15, -0.1) is 0 Å². The van der Waals surface area contributed by atoms with Gasteiger partial charge in [0.1, 0.15) is 0 Å². The maximum Gasteiger partial charge on any atom is 0.228 e. The maximum atomic E-state index is 11.5. The molecular formula is C10H18N2O. The van der Waals surface area contributed by atoms with E-state index in [2.05, 4.69) is 31.0 Å². The Bertz CT molecular complexity index is 236. The van der Waals surface area contributed by atoms with Gasteiger partial charge in [0.25, 0.3) is 0 Å². The van der Waals surface area contributed by atoms with Crippen LogP contribution in [-0.2, 0) is 4.79 Å². The van der Waals surface area contributed by atoms with Crippen LogP contribution in [0, 0.1) is 5.41 Å². The van der Waals surface area contributed by atoms with Crippen LogP contribution in [0.4, 0.5) is 0 Å². The summed E-state index contributed by atoms with van der Waals surface area (Å²) in [6, 6.07) is 0. The summed E-state index contributed by atoms with van der Waals surface area (Å²) in [6.07, 6.45) is 1.03. The third-order valence-corrected chi connectivity index (χ3v) is 3.31. The Labute approximate surface area is 79.5 Å². The second kappa shape index (κ2) is 2.47. The molecule has 2 rings (SSSR count). The monoisotopic (exact) mass is 182 g/mol. The Hall–Kier alpha value is -0.570. The van der Waals surface area contributed by atoms with Crippen LogP contribution in [0.2, 0.25) is 0 Å². The number of rotatable bonds is 0. The van der Waals surface area contributed by atoms with E-state index in [0.29, 0.717) is 0 Å². The van der Waals surface area contributed by atoms with E-state index in [9.17, 15) is 4.79 Å². The third-order valence-electron chi connectivity index (χ3n) is 3.31. The average Bonchev–Trinajstić information content (AvgIpc) is 2.24. The summed E-state index contributed by atoms with van der Waals surface area (Å²) in [4.78, 5) is 13.9. The van der Waals surface area contributed by atoms with Crippen LogP contribution in [0.5, 0.6) is 0 Å². The molecule has 1 spiro atoms. The molecule has 1 amide bonds. The molecule has 0 aliphatic carbocycles. The number of carbonyl (C=O) groups excluding carboxylic acids is 1. The zero-order valence-corrected chi connectivity index (χ0v) is 8.68. The Morgan fingerprint density at radius 1 is 1.38 bits per heavy atom. The van der Waals surface area contributed by atoms with Crippen LogP contribution < -0.4 is 5.32 Å². The van der Waals surface area contributed by atoms with E-state index >= 15 is 0 Å². The molecule has 2 aliphatic heterocycles. The molecule has 2 saturated heterocycles. The van der Waals surface area contributed by atoms with Crippen molar-refractivity contribution in [2.45, 2.75) is 32.7 Å². The van der Waals surface area contributed by atoms with E-state index in [0.717, 1.165) is 26.1 Å². The zero-order valence-electron chi connectivity index (χ0n) is 8.68. The van der Waals surface area contributed by atoms with Gasteiger partial charge in [-0.1, -0.05) is 0 Å². The fourth-order valence-electron chi connectivity index (χ4n) is 2.18. The zero-order chi connectivity index (χ0) is 9.69. The van der Waals surface area contributed by atoms with Crippen LogP contribution in [0.25, 0.3) is 0 Å². The predicted octanol–water partition coefficient (Wildman–Crippen LogP) is 0.607. The first-order valence-electron chi connectivity index (χ1n) is 4.97. The summed E-state index contributed by atoms with van der Waals surface area (Å²) in [5, 5.41) is 2.92. The molecule has 0 aromatic heterocycles. The largest absolute Gasteiger partial charge is 0.355 e. The van der Waals surface area contributed by atoms with Crippen LogP contribution >= 0.6 is 0 Å². The molecule has 0 atom stereocenters. The van der Waals surface area contributed by atoms with E-state index in [4.69, 9.17) is 0 Å². The Balaban J connectivity index is 2.00. The summed E-state index contributed by atoms with van der Waals surface area (Å²) in [7, 11) is 0. The van der Waals surface area contributed by atoms with Crippen molar-refractivity contribution in [2.24, 2.45) is 5.41 Å². The normalized spacial score (nSPS) is 27.5. The molecule has 2 fully saturated rings. The second-order valence-electron chi connectivity index (χ2n) is 5.31. The molecule has 1 N–H and O–H groups in total. The van der Waals surface area contributed by atoms with Crippen LogP contribution in [-0.4, -0.2) is 36.0 Å². The SMILES string of the molecule is CC(C)(C)N1CC2(CCNC2=O)C1. The molecule has 3 nitrogen and oxygen atoms in total. The summed E-state index contributed by atoms with van der Waals surface area (Å²) in [5.41, 5.74) is 0.196. The molecule has 2 aliphatic rings. The van der Waals surface area contributed by atoms with Gasteiger partial charge in [-0.3, -0.25) is 9.69 Å². The quantitative estimate of drug-likeness (QED) is 0.595. The van der Waals surface area contributed by atoms with Gasteiger partial charge in [0, 0.05) is 25.2 Å². The highest BCUT2D eigenvalue weighted by atomic mass is 16.2. The smallest absolute Gasteiger partial charge is 0.228 e. The molecule has 3 heteroatoms. The summed E-state index contributed by atoms with van der Waals surface area (Å²) >= 11 is 0. The molecule has 0 aromatic rings. The number of carbonyl (C=O) groups is 1. The summed E-state index contributed by atoms with van der Waals surface area (Å²) in [5.74, 6) is 0.271. The van der Waals surface area contributed by atoms with Gasteiger partial charge in [0.2, 0.25) is 5.91 Å². The fourth-order valence-corrected chi connectivity index (χ4v) is 2.18. The van der Waals surface area contributed by atoms with Crippen LogP contribution in [0.15, 0.2) is 0 Å². The first-order chi connectivity index (χ1) is 5.94. The van der Waals surface area contributed by atoms with E-state index in [1.165, 1.54) is 0 Å². The lowest BCUT2D eigenvalue weighted by Gasteiger charge is -2.52. The van der Waals surface area contributed by atoms with Crippen LogP contribution in [0.1, 0.15) is 27.2 Å². The highest BCUT2D eigenvalue weighted by Crippen LogP contribution is 2.40. The molecule has 74 valence electrons.